The van der Waals surface area contributed by atoms with Crippen molar-refractivity contribution in [2.75, 3.05) is 6.61 Å². The van der Waals surface area contributed by atoms with Crippen molar-refractivity contribution in [2.45, 2.75) is 32.4 Å². The fraction of sp³-hybridized carbons (Fsp3) is 0.375. The van der Waals surface area contributed by atoms with Gasteiger partial charge in [0.25, 0.3) is 0 Å². The Morgan fingerprint density at radius 2 is 1.83 bits per heavy atom. The van der Waals surface area contributed by atoms with Crippen LogP contribution in [0.15, 0.2) is 42.5 Å². The van der Waals surface area contributed by atoms with E-state index in [1.807, 2.05) is 0 Å². The fourth-order valence-electron chi connectivity index (χ4n) is 2.23. The monoisotopic (exact) mass is 243 g/mol. The molecule has 0 heterocycles. The molecule has 2 atom stereocenters. The molecule has 0 aromatic heterocycles. The lowest BCUT2D eigenvalue weighted by molar-refractivity contribution is 0.230. The number of nitrogens with one attached hydrogen (secondary N) is 1. The summed E-state index contributed by atoms with van der Waals surface area (Å²) in [6.07, 6.45) is 0.939. The van der Waals surface area contributed by atoms with Gasteiger partial charge in [-0.15, -0.1) is 0 Å². The highest BCUT2D eigenvalue weighted by molar-refractivity contribution is 5.83. The Labute approximate surface area is 109 Å². The Morgan fingerprint density at radius 3 is 2.50 bits per heavy atom. The Balaban J connectivity index is 2.19. The summed E-state index contributed by atoms with van der Waals surface area (Å²) >= 11 is 0. The zero-order chi connectivity index (χ0) is 13.0. The number of aliphatic hydroxyl groups excluding tert-OH is 1. The van der Waals surface area contributed by atoms with Crippen LogP contribution in [-0.2, 0) is 0 Å². The average molecular weight is 243 g/mol. The van der Waals surface area contributed by atoms with E-state index in [0.717, 1.165) is 6.42 Å². The minimum absolute atomic E-state index is 0.173. The van der Waals surface area contributed by atoms with E-state index >= 15 is 0 Å². The number of fused-ring (bicyclic) bond motifs is 1. The second-order valence-electron chi connectivity index (χ2n) is 4.78. The summed E-state index contributed by atoms with van der Waals surface area (Å²) in [6.45, 7) is 4.41. The first-order chi connectivity index (χ1) is 8.74. The number of aliphatic hydroxyl groups is 1. The van der Waals surface area contributed by atoms with Crippen molar-refractivity contribution in [1.29, 1.82) is 0 Å². The standard InChI is InChI=1S/C16H21NO/c1-3-16(11-18)17-12(2)14-9-8-13-6-4-5-7-15(13)10-14/h4-10,12,16-18H,3,11H2,1-2H3. The quantitative estimate of drug-likeness (QED) is 0.844. The molecule has 2 aromatic rings. The molecule has 2 unspecified atom stereocenters. The van der Waals surface area contributed by atoms with Gasteiger partial charge in [0.05, 0.1) is 6.61 Å². The third-order valence-electron chi connectivity index (χ3n) is 3.47. The molecule has 0 fully saturated rings. The molecule has 0 spiro atoms. The van der Waals surface area contributed by atoms with Gasteiger partial charge in [-0.25, -0.2) is 0 Å². The molecule has 0 bridgehead atoms. The number of hydrogen-bond donors (Lipinski definition) is 2. The van der Waals surface area contributed by atoms with Crippen LogP contribution in [0.1, 0.15) is 31.9 Å². The Morgan fingerprint density at radius 1 is 1.11 bits per heavy atom. The third-order valence-corrected chi connectivity index (χ3v) is 3.47. The summed E-state index contributed by atoms with van der Waals surface area (Å²) in [5.74, 6) is 0. The minimum atomic E-state index is 0.173. The van der Waals surface area contributed by atoms with Gasteiger partial charge in [-0.3, -0.25) is 0 Å². The normalized spacial score (nSPS) is 14.6. The molecule has 0 aliphatic heterocycles. The van der Waals surface area contributed by atoms with Crippen LogP contribution in [0, 0.1) is 0 Å². The molecular weight excluding hydrogens is 222 g/mol. The molecule has 96 valence electrons. The Bertz CT molecular complexity index is 505. The van der Waals surface area contributed by atoms with Crippen LogP contribution in [-0.4, -0.2) is 17.8 Å². The van der Waals surface area contributed by atoms with Crippen LogP contribution in [0.5, 0.6) is 0 Å². The fourth-order valence-corrected chi connectivity index (χ4v) is 2.23. The molecule has 2 rings (SSSR count). The topological polar surface area (TPSA) is 32.3 Å². The summed E-state index contributed by atoms with van der Waals surface area (Å²) < 4.78 is 0. The first-order valence-electron chi connectivity index (χ1n) is 6.60. The van der Waals surface area contributed by atoms with Gasteiger partial charge in [-0.2, -0.15) is 0 Å². The van der Waals surface area contributed by atoms with Crippen molar-refractivity contribution in [3.63, 3.8) is 0 Å². The highest BCUT2D eigenvalue weighted by Gasteiger charge is 2.11. The van der Waals surface area contributed by atoms with Gasteiger partial charge in [0, 0.05) is 12.1 Å². The van der Waals surface area contributed by atoms with E-state index in [4.69, 9.17) is 0 Å². The molecule has 18 heavy (non-hydrogen) atoms. The molecule has 2 aromatic carbocycles. The smallest absolute Gasteiger partial charge is 0.0584 e. The van der Waals surface area contributed by atoms with Gasteiger partial charge in [0.2, 0.25) is 0 Å². The van der Waals surface area contributed by atoms with E-state index in [-0.39, 0.29) is 18.7 Å². The minimum Gasteiger partial charge on any atom is -0.395 e. The largest absolute Gasteiger partial charge is 0.395 e. The van der Waals surface area contributed by atoms with E-state index < -0.39 is 0 Å². The van der Waals surface area contributed by atoms with Crippen LogP contribution >= 0.6 is 0 Å². The average Bonchev–Trinajstić information content (AvgIpc) is 2.44. The maximum absolute atomic E-state index is 9.23. The van der Waals surface area contributed by atoms with Gasteiger partial charge < -0.3 is 10.4 Å². The van der Waals surface area contributed by atoms with Gasteiger partial charge in [0.15, 0.2) is 0 Å². The maximum atomic E-state index is 9.23. The van der Waals surface area contributed by atoms with Crippen molar-refractivity contribution < 1.29 is 5.11 Å². The SMILES string of the molecule is CCC(CO)NC(C)c1ccc2ccccc2c1. The highest BCUT2D eigenvalue weighted by Crippen LogP contribution is 2.20. The molecule has 0 radical (unpaired) electrons. The number of hydrogen-bond acceptors (Lipinski definition) is 2. The zero-order valence-electron chi connectivity index (χ0n) is 11.1. The van der Waals surface area contributed by atoms with Crippen molar-refractivity contribution >= 4 is 10.8 Å². The second kappa shape index (κ2) is 5.98. The molecule has 0 aliphatic rings. The van der Waals surface area contributed by atoms with Crippen molar-refractivity contribution in [3.8, 4) is 0 Å². The number of benzene rings is 2. The Kier molecular flexibility index (Phi) is 4.34. The van der Waals surface area contributed by atoms with Gasteiger partial charge >= 0.3 is 0 Å². The molecule has 0 saturated heterocycles. The summed E-state index contributed by atoms with van der Waals surface area (Å²) in [7, 11) is 0. The molecule has 0 amide bonds. The van der Waals surface area contributed by atoms with Crippen LogP contribution in [0.3, 0.4) is 0 Å². The lowest BCUT2D eigenvalue weighted by Crippen LogP contribution is -2.33. The molecule has 2 nitrogen and oxygen atoms in total. The molecule has 2 N–H and O–H groups in total. The van der Waals surface area contributed by atoms with E-state index in [1.165, 1.54) is 16.3 Å². The Hall–Kier alpha value is -1.38. The van der Waals surface area contributed by atoms with Crippen LogP contribution in [0.2, 0.25) is 0 Å². The van der Waals surface area contributed by atoms with Crippen LogP contribution in [0.25, 0.3) is 10.8 Å². The van der Waals surface area contributed by atoms with E-state index in [1.54, 1.807) is 0 Å². The molecular formula is C16H21NO. The second-order valence-corrected chi connectivity index (χ2v) is 4.78. The molecule has 0 aliphatic carbocycles. The highest BCUT2D eigenvalue weighted by atomic mass is 16.3. The number of rotatable bonds is 5. The third kappa shape index (κ3) is 2.89. The van der Waals surface area contributed by atoms with E-state index in [9.17, 15) is 5.11 Å². The predicted molar refractivity (Wildman–Crippen MR) is 76.7 cm³/mol. The van der Waals surface area contributed by atoms with Crippen LogP contribution < -0.4 is 5.32 Å². The van der Waals surface area contributed by atoms with Crippen molar-refractivity contribution in [1.82, 2.24) is 5.32 Å². The van der Waals surface area contributed by atoms with Gasteiger partial charge in [-0.05, 0) is 35.7 Å². The molecule has 0 saturated carbocycles. The predicted octanol–water partition coefficient (Wildman–Crippen LogP) is 3.26. The van der Waals surface area contributed by atoms with Gasteiger partial charge in [0.1, 0.15) is 0 Å². The summed E-state index contributed by atoms with van der Waals surface area (Å²) in [4.78, 5) is 0. The van der Waals surface area contributed by atoms with Crippen molar-refractivity contribution in [3.05, 3.63) is 48.0 Å². The first kappa shape index (κ1) is 13.1. The van der Waals surface area contributed by atoms with Crippen LogP contribution in [0.4, 0.5) is 0 Å². The van der Waals surface area contributed by atoms with Gasteiger partial charge in [-0.1, -0.05) is 43.3 Å². The molecule has 2 heteroatoms. The first-order valence-corrected chi connectivity index (χ1v) is 6.60. The van der Waals surface area contributed by atoms with E-state index in [2.05, 4.69) is 61.6 Å². The maximum Gasteiger partial charge on any atom is 0.0584 e. The summed E-state index contributed by atoms with van der Waals surface area (Å²) in [6, 6.07) is 15.3. The lowest BCUT2D eigenvalue weighted by atomic mass is 10.0. The van der Waals surface area contributed by atoms with Crippen molar-refractivity contribution in [2.24, 2.45) is 0 Å². The zero-order valence-corrected chi connectivity index (χ0v) is 11.1. The lowest BCUT2D eigenvalue weighted by Gasteiger charge is -2.21. The summed E-state index contributed by atoms with van der Waals surface area (Å²) in [5, 5.41) is 15.2. The summed E-state index contributed by atoms with van der Waals surface area (Å²) in [5.41, 5.74) is 1.26. The van der Waals surface area contributed by atoms with E-state index in [0.29, 0.717) is 0 Å².